The Labute approximate surface area is 176 Å². The van der Waals surface area contributed by atoms with Crippen LogP contribution >= 0.6 is 11.3 Å². The van der Waals surface area contributed by atoms with Crippen molar-refractivity contribution >= 4 is 33.1 Å². The zero-order chi connectivity index (χ0) is 20.4. The summed E-state index contributed by atoms with van der Waals surface area (Å²) in [6, 6.07) is 14.9. The lowest BCUT2D eigenvalue weighted by Crippen LogP contribution is -2.93. The number of fused-ring (bicyclic) bond motifs is 1. The van der Waals surface area contributed by atoms with Crippen molar-refractivity contribution in [2.45, 2.75) is 46.1 Å². The number of anilines is 1. The van der Waals surface area contributed by atoms with Crippen molar-refractivity contribution in [3.63, 3.8) is 0 Å². The lowest BCUT2D eigenvalue weighted by Gasteiger charge is -2.31. The zero-order valence-electron chi connectivity index (χ0n) is 17.4. The van der Waals surface area contributed by atoms with Crippen LogP contribution in [0.3, 0.4) is 0 Å². The van der Waals surface area contributed by atoms with E-state index >= 15 is 0 Å². The van der Waals surface area contributed by atoms with Crippen molar-refractivity contribution in [3.05, 3.63) is 48.0 Å². The third-order valence-electron chi connectivity index (χ3n) is 6.34. The minimum Gasteiger partial charge on any atom is -0.336 e. The number of carbonyl (C=O) groups is 1. The van der Waals surface area contributed by atoms with Crippen LogP contribution in [0.25, 0.3) is 20.8 Å². The number of amides is 1. The molecule has 152 valence electrons. The molecule has 3 aromatic rings. The van der Waals surface area contributed by atoms with E-state index < -0.39 is 0 Å². The Morgan fingerprint density at radius 2 is 1.97 bits per heavy atom. The molecule has 1 aromatic heterocycles. The second kappa shape index (κ2) is 8.64. The van der Waals surface area contributed by atoms with Gasteiger partial charge in [-0.1, -0.05) is 19.9 Å². The Balaban J connectivity index is 1.35. The van der Waals surface area contributed by atoms with Gasteiger partial charge in [0.25, 0.3) is 5.91 Å². The average Bonchev–Trinajstić information content (AvgIpc) is 3.13. The number of quaternary nitrogens is 1. The number of rotatable bonds is 5. The predicted molar refractivity (Wildman–Crippen MR) is 121 cm³/mol. The number of carbonyl (C=O) groups excluding carboxylic acids is 1. The topological polar surface area (TPSA) is 58.6 Å². The van der Waals surface area contributed by atoms with Crippen molar-refractivity contribution in [1.29, 1.82) is 0 Å². The number of hydrogen-bond donors (Lipinski definition) is 2. The molecule has 4 rings (SSSR count). The van der Waals surface area contributed by atoms with E-state index in [0.29, 0.717) is 18.5 Å². The summed E-state index contributed by atoms with van der Waals surface area (Å²) < 4.78 is 1.21. The fourth-order valence-corrected chi connectivity index (χ4v) is 5.35. The normalized spacial score (nSPS) is 22.0. The first-order chi connectivity index (χ1) is 14.0. The van der Waals surface area contributed by atoms with Crippen LogP contribution < -0.4 is 10.6 Å². The molecule has 1 heterocycles. The second-order valence-corrected chi connectivity index (χ2v) is 9.52. The summed E-state index contributed by atoms with van der Waals surface area (Å²) in [4.78, 5) is 17.1. The van der Waals surface area contributed by atoms with E-state index in [0.717, 1.165) is 27.7 Å². The summed E-state index contributed by atoms with van der Waals surface area (Å²) in [6.07, 6.45) is 3.81. The van der Waals surface area contributed by atoms with Crippen molar-refractivity contribution in [1.82, 2.24) is 4.98 Å². The minimum absolute atomic E-state index is 0.0682. The van der Waals surface area contributed by atoms with Gasteiger partial charge in [-0.25, -0.2) is 4.98 Å². The Kier molecular flexibility index (Phi) is 5.97. The maximum Gasteiger partial charge on any atom is 0.279 e. The van der Waals surface area contributed by atoms with Gasteiger partial charge in [0, 0.05) is 17.2 Å². The largest absolute Gasteiger partial charge is 0.336 e. The van der Waals surface area contributed by atoms with Crippen molar-refractivity contribution in [2.75, 3.05) is 11.9 Å². The molecule has 4 nitrogen and oxygen atoms in total. The summed E-state index contributed by atoms with van der Waals surface area (Å²) in [6.45, 7) is 7.24. The second-order valence-electron chi connectivity index (χ2n) is 8.49. The standard InChI is InChI=1S/C24H29N3OS/c1-15-7-12-21-22(13-15)29-24(27-21)18-8-10-19(11-9-18)26-23(28)14-25-20-6-4-5-16(2)17(20)3/h7-13,16-17,20,25H,4-6,14H2,1-3H3,(H,26,28)/p+1/t16-,17+,20-/m0/s1. The Morgan fingerprint density at radius 1 is 1.17 bits per heavy atom. The smallest absolute Gasteiger partial charge is 0.279 e. The lowest BCUT2D eigenvalue weighted by atomic mass is 9.78. The van der Waals surface area contributed by atoms with E-state index in [4.69, 9.17) is 4.98 Å². The summed E-state index contributed by atoms with van der Waals surface area (Å²) in [5.41, 5.74) is 4.21. The average molecular weight is 409 g/mol. The molecule has 1 fully saturated rings. The lowest BCUT2D eigenvalue weighted by molar-refractivity contribution is -0.688. The van der Waals surface area contributed by atoms with E-state index in [9.17, 15) is 4.79 Å². The van der Waals surface area contributed by atoms with Crippen LogP contribution in [0, 0.1) is 18.8 Å². The predicted octanol–water partition coefficient (Wildman–Crippen LogP) is 4.60. The van der Waals surface area contributed by atoms with E-state index in [-0.39, 0.29) is 5.91 Å². The number of benzene rings is 2. The molecule has 1 aliphatic carbocycles. The maximum atomic E-state index is 12.4. The van der Waals surface area contributed by atoms with Gasteiger partial charge < -0.3 is 10.6 Å². The fraction of sp³-hybridized carbons (Fsp3) is 0.417. The van der Waals surface area contributed by atoms with Crippen LogP contribution in [-0.2, 0) is 4.79 Å². The number of aromatic nitrogens is 1. The number of nitrogens with two attached hydrogens (primary N) is 1. The first-order valence-corrected chi connectivity index (χ1v) is 11.4. The molecule has 0 bridgehead atoms. The van der Waals surface area contributed by atoms with Gasteiger partial charge in [-0.05, 0) is 74.1 Å². The first kappa shape index (κ1) is 20.0. The molecule has 29 heavy (non-hydrogen) atoms. The SMILES string of the molecule is Cc1ccc2nc(-c3ccc(NC(=O)C[NH2+][C@H]4CCC[C@H](C)[C@H]4C)cc3)sc2c1. The number of hydrogen-bond acceptors (Lipinski definition) is 3. The minimum atomic E-state index is 0.0682. The summed E-state index contributed by atoms with van der Waals surface area (Å²) in [5.74, 6) is 1.50. The van der Waals surface area contributed by atoms with Crippen molar-refractivity contribution < 1.29 is 10.1 Å². The van der Waals surface area contributed by atoms with Crippen LogP contribution in [0.15, 0.2) is 42.5 Å². The molecule has 1 amide bonds. The highest BCUT2D eigenvalue weighted by atomic mass is 32.1. The van der Waals surface area contributed by atoms with E-state index in [1.54, 1.807) is 11.3 Å². The highest BCUT2D eigenvalue weighted by Gasteiger charge is 2.29. The quantitative estimate of drug-likeness (QED) is 0.648. The van der Waals surface area contributed by atoms with E-state index in [1.807, 2.05) is 24.3 Å². The molecule has 2 aromatic carbocycles. The van der Waals surface area contributed by atoms with Crippen LogP contribution in [-0.4, -0.2) is 23.5 Å². The van der Waals surface area contributed by atoms with Crippen LogP contribution in [0.5, 0.6) is 0 Å². The highest BCUT2D eigenvalue weighted by molar-refractivity contribution is 7.21. The third-order valence-corrected chi connectivity index (χ3v) is 7.40. The molecule has 5 heteroatoms. The number of nitrogens with one attached hydrogen (secondary N) is 1. The number of nitrogens with zero attached hydrogens (tertiary/aromatic N) is 1. The summed E-state index contributed by atoms with van der Waals surface area (Å²) in [5, 5.41) is 6.27. The maximum absolute atomic E-state index is 12.4. The molecule has 0 spiro atoms. The Morgan fingerprint density at radius 3 is 2.76 bits per heavy atom. The van der Waals surface area contributed by atoms with Gasteiger partial charge in [-0.15, -0.1) is 11.3 Å². The van der Waals surface area contributed by atoms with Gasteiger partial charge in [0.05, 0.1) is 16.3 Å². The summed E-state index contributed by atoms with van der Waals surface area (Å²) >= 11 is 1.71. The van der Waals surface area contributed by atoms with Crippen LogP contribution in [0.4, 0.5) is 5.69 Å². The van der Waals surface area contributed by atoms with Gasteiger partial charge >= 0.3 is 0 Å². The molecular formula is C24H30N3OS+. The van der Waals surface area contributed by atoms with Crippen molar-refractivity contribution in [3.8, 4) is 10.6 Å². The van der Waals surface area contributed by atoms with Gasteiger partial charge in [-0.3, -0.25) is 4.79 Å². The molecule has 0 unspecified atom stereocenters. The molecule has 0 saturated heterocycles. The molecule has 0 aliphatic heterocycles. The van der Waals surface area contributed by atoms with Gasteiger partial charge in [0.15, 0.2) is 6.54 Å². The van der Waals surface area contributed by atoms with Gasteiger partial charge in [0.2, 0.25) is 0 Å². The third kappa shape index (κ3) is 4.68. The molecule has 0 radical (unpaired) electrons. The van der Waals surface area contributed by atoms with E-state index in [2.05, 4.69) is 49.6 Å². The molecular weight excluding hydrogens is 378 g/mol. The van der Waals surface area contributed by atoms with Gasteiger partial charge in [0.1, 0.15) is 5.01 Å². The molecule has 3 N–H and O–H groups in total. The molecule has 1 aliphatic rings. The monoisotopic (exact) mass is 408 g/mol. The zero-order valence-corrected chi connectivity index (χ0v) is 18.3. The Bertz CT molecular complexity index is 995. The van der Waals surface area contributed by atoms with Gasteiger partial charge in [-0.2, -0.15) is 0 Å². The van der Waals surface area contributed by atoms with Crippen molar-refractivity contribution in [2.24, 2.45) is 11.8 Å². The molecule has 3 atom stereocenters. The molecule has 1 saturated carbocycles. The van der Waals surface area contributed by atoms with E-state index in [1.165, 1.54) is 29.5 Å². The Hall–Kier alpha value is -2.24. The van der Waals surface area contributed by atoms with Crippen LogP contribution in [0.1, 0.15) is 38.7 Å². The summed E-state index contributed by atoms with van der Waals surface area (Å²) in [7, 11) is 0. The van der Waals surface area contributed by atoms with Crippen LogP contribution in [0.2, 0.25) is 0 Å². The highest BCUT2D eigenvalue weighted by Crippen LogP contribution is 2.31. The number of thiazole rings is 1. The number of aryl methyl sites for hydroxylation is 1. The first-order valence-electron chi connectivity index (χ1n) is 10.6. The fourth-order valence-electron chi connectivity index (χ4n) is 4.28.